The molecule has 5 heteroatoms. The highest BCUT2D eigenvalue weighted by molar-refractivity contribution is 5.92. The average Bonchev–Trinajstić information content (AvgIpc) is 3.28. The zero-order valence-electron chi connectivity index (χ0n) is 12.5. The molecular weight excluding hydrogens is 254 g/mol. The summed E-state index contributed by atoms with van der Waals surface area (Å²) < 4.78 is 1.40. The van der Waals surface area contributed by atoms with Gasteiger partial charge in [0.05, 0.1) is 0 Å². The van der Waals surface area contributed by atoms with Crippen LogP contribution in [0.5, 0.6) is 0 Å². The SMILES string of the molecule is CCCCn1nc(C(=O)N(C)C(C)C2CC2)ccc1=O. The van der Waals surface area contributed by atoms with Crippen molar-refractivity contribution in [1.82, 2.24) is 14.7 Å². The highest BCUT2D eigenvalue weighted by atomic mass is 16.2. The smallest absolute Gasteiger partial charge is 0.274 e. The molecule has 1 aromatic heterocycles. The number of hydrogen-bond acceptors (Lipinski definition) is 3. The molecule has 1 saturated carbocycles. The van der Waals surface area contributed by atoms with Crippen LogP contribution in [0, 0.1) is 5.92 Å². The Morgan fingerprint density at radius 3 is 2.80 bits per heavy atom. The third-order valence-corrected chi connectivity index (χ3v) is 4.04. The summed E-state index contributed by atoms with van der Waals surface area (Å²) in [6.45, 7) is 4.70. The van der Waals surface area contributed by atoms with Gasteiger partial charge in [-0.3, -0.25) is 9.59 Å². The highest BCUT2D eigenvalue weighted by Gasteiger charge is 2.33. The highest BCUT2D eigenvalue weighted by Crippen LogP contribution is 2.34. The fourth-order valence-electron chi connectivity index (χ4n) is 2.29. The fraction of sp³-hybridized carbons (Fsp3) is 0.667. The van der Waals surface area contributed by atoms with Gasteiger partial charge in [0.1, 0.15) is 5.69 Å². The molecule has 1 atom stereocenters. The Labute approximate surface area is 119 Å². The van der Waals surface area contributed by atoms with Crippen LogP contribution < -0.4 is 5.56 Å². The van der Waals surface area contributed by atoms with Gasteiger partial charge in [-0.15, -0.1) is 0 Å². The summed E-state index contributed by atoms with van der Waals surface area (Å²) in [6.07, 6.45) is 4.27. The maximum atomic E-state index is 12.4. The Hall–Kier alpha value is -1.65. The number of amides is 1. The Morgan fingerprint density at radius 1 is 1.50 bits per heavy atom. The first-order valence-electron chi connectivity index (χ1n) is 7.40. The van der Waals surface area contributed by atoms with E-state index in [0.717, 1.165) is 12.8 Å². The minimum atomic E-state index is -0.145. The molecule has 110 valence electrons. The Morgan fingerprint density at radius 2 is 2.20 bits per heavy atom. The largest absolute Gasteiger partial charge is 0.337 e. The van der Waals surface area contributed by atoms with E-state index < -0.39 is 0 Å². The molecule has 0 aromatic carbocycles. The third-order valence-electron chi connectivity index (χ3n) is 4.04. The number of aryl methyl sites for hydroxylation is 1. The zero-order chi connectivity index (χ0) is 14.7. The molecule has 0 aliphatic heterocycles. The standard InChI is InChI=1S/C15H23N3O2/c1-4-5-10-18-14(19)9-8-13(16-18)15(20)17(3)11(2)12-6-7-12/h8-9,11-12H,4-7,10H2,1-3H3. The molecule has 0 bridgehead atoms. The van der Waals surface area contributed by atoms with Crippen molar-refractivity contribution in [2.24, 2.45) is 5.92 Å². The van der Waals surface area contributed by atoms with Crippen LogP contribution in [-0.4, -0.2) is 33.7 Å². The molecule has 2 rings (SSSR count). The molecule has 1 amide bonds. The molecular formula is C15H23N3O2. The predicted octanol–water partition coefficient (Wildman–Crippen LogP) is 1.91. The number of unbranched alkanes of at least 4 members (excludes halogenated alkanes) is 1. The molecule has 0 N–H and O–H groups in total. The molecule has 20 heavy (non-hydrogen) atoms. The Kier molecular flexibility index (Phi) is 4.57. The van der Waals surface area contributed by atoms with Crippen molar-refractivity contribution in [2.45, 2.75) is 52.1 Å². The van der Waals surface area contributed by atoms with E-state index in [1.54, 1.807) is 4.90 Å². The van der Waals surface area contributed by atoms with Gasteiger partial charge in [0.25, 0.3) is 11.5 Å². The van der Waals surface area contributed by atoms with Gasteiger partial charge < -0.3 is 4.90 Å². The number of nitrogens with zero attached hydrogens (tertiary/aromatic N) is 3. The number of rotatable bonds is 6. The molecule has 1 aliphatic rings. The fourth-order valence-corrected chi connectivity index (χ4v) is 2.29. The van der Waals surface area contributed by atoms with Gasteiger partial charge in [0.2, 0.25) is 0 Å². The van der Waals surface area contributed by atoms with Crippen LogP contribution in [-0.2, 0) is 6.54 Å². The number of aromatic nitrogens is 2. The molecule has 1 unspecified atom stereocenters. The van der Waals surface area contributed by atoms with E-state index in [4.69, 9.17) is 0 Å². The van der Waals surface area contributed by atoms with Crippen LogP contribution in [0.3, 0.4) is 0 Å². The first kappa shape index (κ1) is 14.8. The Balaban J connectivity index is 2.14. The first-order chi connectivity index (χ1) is 9.54. The van der Waals surface area contributed by atoms with E-state index in [1.807, 2.05) is 7.05 Å². The number of carbonyl (C=O) groups is 1. The lowest BCUT2D eigenvalue weighted by Gasteiger charge is -2.24. The second-order valence-electron chi connectivity index (χ2n) is 5.63. The first-order valence-corrected chi connectivity index (χ1v) is 7.40. The minimum absolute atomic E-state index is 0.102. The third kappa shape index (κ3) is 3.26. The quantitative estimate of drug-likeness (QED) is 0.798. The number of hydrogen-bond donors (Lipinski definition) is 0. The normalized spacial score (nSPS) is 15.9. The molecule has 0 radical (unpaired) electrons. The lowest BCUT2D eigenvalue weighted by molar-refractivity contribution is 0.0718. The lowest BCUT2D eigenvalue weighted by atomic mass is 10.2. The van der Waals surface area contributed by atoms with Gasteiger partial charge in [-0.25, -0.2) is 4.68 Å². The number of carbonyl (C=O) groups excluding carboxylic acids is 1. The van der Waals surface area contributed by atoms with Crippen molar-refractivity contribution < 1.29 is 4.79 Å². The van der Waals surface area contributed by atoms with E-state index in [1.165, 1.54) is 29.7 Å². The molecule has 1 heterocycles. The Bertz CT molecular complexity index is 534. The minimum Gasteiger partial charge on any atom is -0.337 e. The summed E-state index contributed by atoms with van der Waals surface area (Å²) in [5, 5.41) is 4.21. The topological polar surface area (TPSA) is 55.2 Å². The van der Waals surface area contributed by atoms with Crippen molar-refractivity contribution in [1.29, 1.82) is 0 Å². The molecule has 1 fully saturated rings. The van der Waals surface area contributed by atoms with Gasteiger partial charge in [0, 0.05) is 25.7 Å². The average molecular weight is 277 g/mol. The lowest BCUT2D eigenvalue weighted by Crippen LogP contribution is -2.38. The molecule has 0 saturated heterocycles. The van der Waals surface area contributed by atoms with E-state index in [-0.39, 0.29) is 17.5 Å². The monoisotopic (exact) mass is 277 g/mol. The predicted molar refractivity (Wildman–Crippen MR) is 77.7 cm³/mol. The van der Waals surface area contributed by atoms with Gasteiger partial charge in [-0.2, -0.15) is 5.10 Å². The van der Waals surface area contributed by atoms with Crippen LogP contribution in [0.4, 0.5) is 0 Å². The van der Waals surface area contributed by atoms with E-state index in [2.05, 4.69) is 18.9 Å². The van der Waals surface area contributed by atoms with Crippen molar-refractivity contribution in [2.75, 3.05) is 7.05 Å². The van der Waals surface area contributed by atoms with Crippen LogP contribution >= 0.6 is 0 Å². The van der Waals surface area contributed by atoms with Crippen LogP contribution in [0.25, 0.3) is 0 Å². The zero-order valence-corrected chi connectivity index (χ0v) is 12.5. The van der Waals surface area contributed by atoms with E-state index in [0.29, 0.717) is 18.2 Å². The molecule has 1 aliphatic carbocycles. The summed E-state index contributed by atoms with van der Waals surface area (Å²) in [6, 6.07) is 3.20. The summed E-state index contributed by atoms with van der Waals surface area (Å²) >= 11 is 0. The van der Waals surface area contributed by atoms with E-state index >= 15 is 0 Å². The van der Waals surface area contributed by atoms with Crippen molar-refractivity contribution in [3.63, 3.8) is 0 Å². The summed E-state index contributed by atoms with van der Waals surface area (Å²) in [4.78, 5) is 25.8. The summed E-state index contributed by atoms with van der Waals surface area (Å²) in [5.74, 6) is 0.518. The summed E-state index contributed by atoms with van der Waals surface area (Å²) in [7, 11) is 1.81. The summed E-state index contributed by atoms with van der Waals surface area (Å²) in [5.41, 5.74) is 0.212. The maximum Gasteiger partial charge on any atom is 0.274 e. The van der Waals surface area contributed by atoms with Crippen LogP contribution in [0.2, 0.25) is 0 Å². The molecule has 1 aromatic rings. The maximum absolute atomic E-state index is 12.4. The van der Waals surface area contributed by atoms with Gasteiger partial charge >= 0.3 is 0 Å². The van der Waals surface area contributed by atoms with Gasteiger partial charge in [0.15, 0.2) is 0 Å². The second-order valence-corrected chi connectivity index (χ2v) is 5.63. The molecule has 0 spiro atoms. The van der Waals surface area contributed by atoms with Gasteiger partial charge in [-0.1, -0.05) is 13.3 Å². The van der Waals surface area contributed by atoms with Gasteiger partial charge in [-0.05, 0) is 38.2 Å². The van der Waals surface area contributed by atoms with Crippen molar-refractivity contribution in [3.05, 3.63) is 28.2 Å². The molecule has 5 nitrogen and oxygen atoms in total. The van der Waals surface area contributed by atoms with E-state index in [9.17, 15) is 9.59 Å². The van der Waals surface area contributed by atoms with Crippen LogP contribution in [0.1, 0.15) is 50.0 Å². The van der Waals surface area contributed by atoms with Crippen molar-refractivity contribution in [3.8, 4) is 0 Å². The van der Waals surface area contributed by atoms with Crippen molar-refractivity contribution >= 4 is 5.91 Å². The second kappa shape index (κ2) is 6.20. The van der Waals surface area contributed by atoms with Crippen LogP contribution in [0.15, 0.2) is 16.9 Å².